The summed E-state index contributed by atoms with van der Waals surface area (Å²) in [7, 11) is 0. The summed E-state index contributed by atoms with van der Waals surface area (Å²) in [6.45, 7) is 6.44. The number of nitrogens with one attached hydrogen (secondary N) is 1. The molecular weight excluding hydrogens is 368 g/mol. The molecule has 1 aliphatic heterocycles. The number of pyridine rings is 1. The van der Waals surface area contributed by atoms with Crippen LogP contribution in [-0.2, 0) is 0 Å². The number of aromatic nitrogens is 3. The number of carboxylic acid groups (broad SMARTS) is 1. The van der Waals surface area contributed by atoms with Crippen LogP contribution in [0.25, 0.3) is 11.4 Å². The van der Waals surface area contributed by atoms with Crippen LogP contribution < -0.4 is 5.56 Å². The molecule has 0 aliphatic carbocycles. The number of rotatable bonds is 2. The van der Waals surface area contributed by atoms with Crippen LogP contribution in [0.5, 0.6) is 0 Å². The minimum Gasteiger partial charge on any atom is -0.465 e. The van der Waals surface area contributed by atoms with Crippen LogP contribution in [0.2, 0.25) is 5.02 Å². The van der Waals surface area contributed by atoms with Crippen molar-refractivity contribution in [1.29, 1.82) is 0 Å². The molecule has 7 nitrogen and oxygen atoms in total. The van der Waals surface area contributed by atoms with Gasteiger partial charge in [-0.05, 0) is 30.4 Å². The first-order valence-corrected chi connectivity index (χ1v) is 9.26. The lowest BCUT2D eigenvalue weighted by molar-refractivity contribution is 0.0521. The van der Waals surface area contributed by atoms with Crippen molar-refractivity contribution >= 4 is 17.7 Å². The second kappa shape index (κ2) is 7.31. The Balaban J connectivity index is 2.00. The highest BCUT2D eigenvalue weighted by Crippen LogP contribution is 2.40. The number of nitrogens with zero attached hydrogens (tertiary/aromatic N) is 3. The average Bonchev–Trinajstić information content (AvgIpc) is 2.63. The van der Waals surface area contributed by atoms with Crippen LogP contribution in [0, 0.1) is 5.41 Å². The Morgan fingerprint density at radius 3 is 2.59 bits per heavy atom. The lowest BCUT2D eigenvalue weighted by atomic mass is 9.76. The normalized spacial score (nSPS) is 20.5. The van der Waals surface area contributed by atoms with Crippen molar-refractivity contribution in [2.24, 2.45) is 5.41 Å². The van der Waals surface area contributed by atoms with E-state index in [4.69, 9.17) is 11.6 Å². The minimum atomic E-state index is -0.921. The van der Waals surface area contributed by atoms with E-state index < -0.39 is 6.09 Å². The van der Waals surface area contributed by atoms with E-state index in [2.05, 4.69) is 15.0 Å². The van der Waals surface area contributed by atoms with Gasteiger partial charge in [-0.15, -0.1) is 0 Å². The van der Waals surface area contributed by atoms with Gasteiger partial charge in [-0.25, -0.2) is 9.78 Å². The van der Waals surface area contributed by atoms with Gasteiger partial charge in [0, 0.05) is 36.5 Å². The Hall–Kier alpha value is -2.41. The number of H-pyrrole nitrogens is 1. The molecule has 27 heavy (non-hydrogen) atoms. The fourth-order valence-electron chi connectivity index (χ4n) is 3.66. The second-order valence-electron chi connectivity index (χ2n) is 7.93. The van der Waals surface area contributed by atoms with E-state index in [9.17, 15) is 14.7 Å². The molecule has 2 aromatic rings. The zero-order valence-corrected chi connectivity index (χ0v) is 16.3. The molecule has 2 atom stereocenters. The predicted octanol–water partition coefficient (Wildman–Crippen LogP) is 3.76. The molecule has 0 radical (unpaired) electrons. The van der Waals surface area contributed by atoms with Gasteiger partial charge in [0.15, 0.2) is 0 Å². The van der Waals surface area contributed by atoms with Crippen LogP contribution in [0.3, 0.4) is 0 Å². The van der Waals surface area contributed by atoms with Crippen molar-refractivity contribution in [1.82, 2.24) is 19.9 Å². The number of carbonyl (C=O) groups is 1. The van der Waals surface area contributed by atoms with Gasteiger partial charge in [0.25, 0.3) is 5.56 Å². The molecule has 1 aliphatic rings. The molecule has 2 aromatic heterocycles. The third kappa shape index (κ3) is 3.98. The highest BCUT2D eigenvalue weighted by atomic mass is 35.5. The van der Waals surface area contributed by atoms with E-state index in [-0.39, 0.29) is 28.0 Å². The quantitative estimate of drug-likeness (QED) is 0.813. The molecule has 0 aromatic carbocycles. The smallest absolute Gasteiger partial charge is 0.407 e. The van der Waals surface area contributed by atoms with Gasteiger partial charge < -0.3 is 15.0 Å². The summed E-state index contributed by atoms with van der Waals surface area (Å²) >= 11 is 6.30. The molecule has 8 heteroatoms. The number of halogens is 1. The van der Waals surface area contributed by atoms with Gasteiger partial charge in [0.05, 0.1) is 5.69 Å². The summed E-state index contributed by atoms with van der Waals surface area (Å²) in [5.41, 5.74) is 0.655. The van der Waals surface area contributed by atoms with Crippen LogP contribution >= 0.6 is 11.6 Å². The van der Waals surface area contributed by atoms with Crippen molar-refractivity contribution in [3.63, 3.8) is 0 Å². The zero-order valence-electron chi connectivity index (χ0n) is 15.6. The summed E-state index contributed by atoms with van der Waals surface area (Å²) < 4.78 is 0. The Morgan fingerprint density at radius 1 is 1.33 bits per heavy atom. The number of piperidine rings is 1. The molecule has 1 amide bonds. The average molecular weight is 391 g/mol. The molecule has 0 spiro atoms. The number of hydrogen-bond donors (Lipinski definition) is 2. The van der Waals surface area contributed by atoms with E-state index in [0.717, 1.165) is 5.56 Å². The first-order valence-electron chi connectivity index (χ1n) is 8.88. The number of amides is 1. The second-order valence-corrected chi connectivity index (χ2v) is 8.31. The topological polar surface area (TPSA) is 99.2 Å². The summed E-state index contributed by atoms with van der Waals surface area (Å²) in [6.07, 6.45) is 3.48. The van der Waals surface area contributed by atoms with Crippen molar-refractivity contribution in [3.05, 3.63) is 45.6 Å². The van der Waals surface area contributed by atoms with E-state index >= 15 is 0 Å². The Morgan fingerprint density at radius 2 is 2.00 bits per heavy atom. The van der Waals surface area contributed by atoms with Gasteiger partial charge in [0.2, 0.25) is 0 Å². The molecule has 3 heterocycles. The number of hydrogen-bond acceptors (Lipinski definition) is 4. The lowest BCUT2D eigenvalue weighted by Gasteiger charge is -2.44. The van der Waals surface area contributed by atoms with Crippen molar-refractivity contribution in [3.8, 4) is 11.4 Å². The highest BCUT2D eigenvalue weighted by molar-refractivity contribution is 6.31. The fourth-order valence-corrected chi connectivity index (χ4v) is 3.90. The van der Waals surface area contributed by atoms with E-state index in [1.165, 1.54) is 4.90 Å². The summed E-state index contributed by atoms with van der Waals surface area (Å²) in [4.78, 5) is 36.8. The maximum atomic E-state index is 12.4. The van der Waals surface area contributed by atoms with Gasteiger partial charge in [-0.2, -0.15) is 0 Å². The molecule has 144 valence electrons. The summed E-state index contributed by atoms with van der Waals surface area (Å²) in [5, 5.41) is 9.62. The predicted molar refractivity (Wildman–Crippen MR) is 103 cm³/mol. The molecular formula is C19H23ClN4O3. The fraction of sp³-hybridized carbons (Fsp3) is 0.474. The van der Waals surface area contributed by atoms with Gasteiger partial charge in [0.1, 0.15) is 10.8 Å². The Labute approximate surface area is 162 Å². The SMILES string of the molecule is CC(C)(C)C1CC(c2nc(-c3ccncc3)[nH]c(=O)c2Cl)CCN1C(=O)O. The number of aromatic amines is 1. The highest BCUT2D eigenvalue weighted by Gasteiger charge is 2.40. The monoisotopic (exact) mass is 390 g/mol. The van der Waals surface area contributed by atoms with E-state index in [1.54, 1.807) is 24.5 Å². The minimum absolute atomic E-state index is 0.0780. The maximum absolute atomic E-state index is 12.4. The van der Waals surface area contributed by atoms with Crippen molar-refractivity contribution in [2.75, 3.05) is 6.54 Å². The first-order chi connectivity index (χ1) is 12.7. The van der Waals surface area contributed by atoms with Crippen LogP contribution in [0.1, 0.15) is 45.2 Å². The third-order valence-electron chi connectivity index (χ3n) is 5.08. The molecule has 0 saturated carbocycles. The van der Waals surface area contributed by atoms with Crippen molar-refractivity contribution in [2.45, 2.75) is 45.6 Å². The standard InChI is InChI=1S/C19H23ClN4O3/c1-19(2,3)13-10-12(6-9-24(13)18(26)27)15-14(20)17(25)23-16(22-15)11-4-7-21-8-5-11/h4-5,7-8,12-13H,6,9-10H2,1-3H3,(H,26,27)(H,22,23,25). The lowest BCUT2D eigenvalue weighted by Crippen LogP contribution is -2.51. The van der Waals surface area contributed by atoms with Gasteiger partial charge >= 0.3 is 6.09 Å². The van der Waals surface area contributed by atoms with Gasteiger partial charge in [-0.3, -0.25) is 9.78 Å². The third-order valence-corrected chi connectivity index (χ3v) is 5.44. The Bertz CT molecular complexity index is 892. The first kappa shape index (κ1) is 19.4. The molecule has 1 saturated heterocycles. The van der Waals surface area contributed by atoms with E-state index in [0.29, 0.717) is 30.9 Å². The van der Waals surface area contributed by atoms with E-state index in [1.807, 2.05) is 20.8 Å². The molecule has 2 N–H and O–H groups in total. The largest absolute Gasteiger partial charge is 0.465 e. The summed E-state index contributed by atoms with van der Waals surface area (Å²) in [5.74, 6) is 0.356. The molecule has 0 bridgehead atoms. The van der Waals surface area contributed by atoms with Crippen LogP contribution in [0.4, 0.5) is 4.79 Å². The Kier molecular flexibility index (Phi) is 5.24. The molecule has 3 rings (SSSR count). The van der Waals surface area contributed by atoms with Crippen LogP contribution in [0.15, 0.2) is 29.3 Å². The zero-order chi connectivity index (χ0) is 19.8. The summed E-state index contributed by atoms with van der Waals surface area (Å²) in [6, 6.07) is 3.34. The van der Waals surface area contributed by atoms with Crippen molar-refractivity contribution < 1.29 is 9.90 Å². The van der Waals surface area contributed by atoms with Gasteiger partial charge in [-0.1, -0.05) is 32.4 Å². The number of likely N-dealkylation sites (tertiary alicyclic amines) is 1. The molecule has 2 unspecified atom stereocenters. The maximum Gasteiger partial charge on any atom is 0.407 e. The van der Waals surface area contributed by atoms with Crippen LogP contribution in [-0.4, -0.2) is 43.6 Å². The molecule has 1 fully saturated rings.